The fourth-order valence-electron chi connectivity index (χ4n) is 2.24. The summed E-state index contributed by atoms with van der Waals surface area (Å²) >= 11 is 5.88. The van der Waals surface area contributed by atoms with Gasteiger partial charge in [0.25, 0.3) is 0 Å². The zero-order chi connectivity index (χ0) is 13.3. The fourth-order valence-corrected chi connectivity index (χ4v) is 4.36. The summed E-state index contributed by atoms with van der Waals surface area (Å²) in [6, 6.07) is 4.67. The first kappa shape index (κ1) is 13.6. The predicted octanol–water partition coefficient (Wildman–Crippen LogP) is 2.52. The Balaban J connectivity index is 2.49. The van der Waals surface area contributed by atoms with Crippen LogP contribution in [0.2, 0.25) is 5.02 Å². The van der Waals surface area contributed by atoms with Gasteiger partial charge in [-0.1, -0.05) is 11.6 Å². The van der Waals surface area contributed by atoms with E-state index in [2.05, 4.69) is 0 Å². The van der Waals surface area contributed by atoms with Crippen molar-refractivity contribution in [2.45, 2.75) is 30.7 Å². The smallest absolute Gasteiger partial charge is 0.247 e. The minimum absolute atomic E-state index is 0.0266. The molecule has 1 aromatic carbocycles. The molecule has 1 atom stereocenters. The van der Waals surface area contributed by atoms with E-state index < -0.39 is 10.0 Å². The Hall–Kier alpha value is -0.780. The summed E-state index contributed by atoms with van der Waals surface area (Å²) in [7, 11) is -2.08. The number of hydrogen-bond acceptors (Lipinski definition) is 3. The van der Waals surface area contributed by atoms with Gasteiger partial charge in [-0.3, -0.25) is 0 Å². The molecule has 1 unspecified atom stereocenters. The van der Waals surface area contributed by atoms with Crippen LogP contribution in [0, 0.1) is 0 Å². The lowest BCUT2D eigenvalue weighted by Crippen LogP contribution is -2.33. The quantitative estimate of drug-likeness (QED) is 0.859. The predicted molar refractivity (Wildman–Crippen MR) is 70.6 cm³/mol. The average Bonchev–Trinajstić information content (AvgIpc) is 2.76. The summed E-state index contributed by atoms with van der Waals surface area (Å²) in [6.07, 6.45) is 1.78. The minimum Gasteiger partial charge on any atom is -0.495 e. The van der Waals surface area contributed by atoms with Crippen molar-refractivity contribution in [3.63, 3.8) is 0 Å². The molecule has 0 bridgehead atoms. The van der Waals surface area contributed by atoms with E-state index in [1.807, 2.05) is 6.92 Å². The van der Waals surface area contributed by atoms with E-state index in [1.165, 1.54) is 17.5 Å². The van der Waals surface area contributed by atoms with E-state index in [1.54, 1.807) is 12.1 Å². The largest absolute Gasteiger partial charge is 0.495 e. The second-order valence-electron chi connectivity index (χ2n) is 4.40. The Bertz CT molecular complexity index is 544. The van der Waals surface area contributed by atoms with Crippen molar-refractivity contribution in [1.29, 1.82) is 0 Å². The Labute approximate surface area is 113 Å². The van der Waals surface area contributed by atoms with Crippen LogP contribution in [0.3, 0.4) is 0 Å². The molecule has 18 heavy (non-hydrogen) atoms. The number of nitrogens with zero attached hydrogens (tertiary/aromatic N) is 1. The summed E-state index contributed by atoms with van der Waals surface area (Å²) in [4.78, 5) is 0.145. The molecule has 0 saturated carbocycles. The molecule has 0 amide bonds. The third-order valence-corrected chi connectivity index (χ3v) is 5.47. The molecule has 2 rings (SSSR count). The zero-order valence-corrected chi connectivity index (χ0v) is 12.0. The number of sulfonamides is 1. The van der Waals surface area contributed by atoms with Gasteiger partial charge in [-0.15, -0.1) is 0 Å². The zero-order valence-electron chi connectivity index (χ0n) is 10.4. The van der Waals surface area contributed by atoms with E-state index in [0.29, 0.717) is 17.3 Å². The van der Waals surface area contributed by atoms with Gasteiger partial charge >= 0.3 is 0 Å². The first-order chi connectivity index (χ1) is 8.46. The Morgan fingerprint density at radius 2 is 2.17 bits per heavy atom. The van der Waals surface area contributed by atoms with Gasteiger partial charge in [0.2, 0.25) is 10.0 Å². The van der Waals surface area contributed by atoms with Gasteiger partial charge in [-0.25, -0.2) is 8.42 Å². The van der Waals surface area contributed by atoms with Gasteiger partial charge in [-0.2, -0.15) is 4.31 Å². The molecular weight excluding hydrogens is 274 g/mol. The number of hydrogen-bond donors (Lipinski definition) is 0. The summed E-state index contributed by atoms with van der Waals surface area (Å²) in [5.74, 6) is 0.332. The molecule has 0 N–H and O–H groups in total. The van der Waals surface area contributed by atoms with Gasteiger partial charge < -0.3 is 4.74 Å². The SMILES string of the molecule is COc1ccc(Cl)cc1S(=O)(=O)N1CCCC1C. The van der Waals surface area contributed by atoms with Gasteiger partial charge in [0.05, 0.1) is 7.11 Å². The molecule has 100 valence electrons. The molecule has 0 spiro atoms. The van der Waals surface area contributed by atoms with Crippen LogP contribution in [-0.2, 0) is 10.0 Å². The van der Waals surface area contributed by atoms with E-state index in [9.17, 15) is 8.42 Å². The summed E-state index contributed by atoms with van der Waals surface area (Å²) in [5.41, 5.74) is 0. The van der Waals surface area contributed by atoms with Crippen molar-refractivity contribution >= 4 is 21.6 Å². The molecule has 4 nitrogen and oxygen atoms in total. The van der Waals surface area contributed by atoms with Crippen LogP contribution in [0.4, 0.5) is 0 Å². The second-order valence-corrected chi connectivity index (χ2v) is 6.70. The topological polar surface area (TPSA) is 46.6 Å². The molecule has 1 aromatic rings. The molecule has 6 heteroatoms. The molecule has 1 aliphatic heterocycles. The Morgan fingerprint density at radius 1 is 1.44 bits per heavy atom. The van der Waals surface area contributed by atoms with Crippen molar-refractivity contribution in [3.8, 4) is 5.75 Å². The standard InChI is InChI=1S/C12H16ClNO3S/c1-9-4-3-7-14(9)18(15,16)12-8-10(13)5-6-11(12)17-2/h5-6,8-9H,3-4,7H2,1-2H3. The van der Waals surface area contributed by atoms with Crippen molar-refractivity contribution in [1.82, 2.24) is 4.31 Å². The number of methoxy groups -OCH3 is 1. The third kappa shape index (κ3) is 2.35. The molecular formula is C12H16ClNO3S. The van der Waals surface area contributed by atoms with Crippen molar-refractivity contribution in [2.24, 2.45) is 0 Å². The highest BCUT2D eigenvalue weighted by atomic mass is 35.5. The maximum atomic E-state index is 12.6. The molecule has 1 heterocycles. The Kier molecular flexibility index (Phi) is 3.84. The van der Waals surface area contributed by atoms with Crippen LogP contribution in [-0.4, -0.2) is 32.4 Å². The van der Waals surface area contributed by atoms with Crippen LogP contribution in [0.15, 0.2) is 23.1 Å². The van der Waals surface area contributed by atoms with E-state index in [4.69, 9.17) is 16.3 Å². The lowest BCUT2D eigenvalue weighted by molar-refractivity contribution is 0.386. The molecule has 0 aliphatic carbocycles. The van der Waals surface area contributed by atoms with Crippen molar-refractivity contribution in [3.05, 3.63) is 23.2 Å². The van der Waals surface area contributed by atoms with Gasteiger partial charge in [0.15, 0.2) is 0 Å². The Morgan fingerprint density at radius 3 is 2.72 bits per heavy atom. The first-order valence-corrected chi connectivity index (χ1v) is 7.64. The van der Waals surface area contributed by atoms with Gasteiger partial charge in [0.1, 0.15) is 10.6 Å². The first-order valence-electron chi connectivity index (χ1n) is 5.82. The average molecular weight is 290 g/mol. The highest BCUT2D eigenvalue weighted by molar-refractivity contribution is 7.89. The number of rotatable bonds is 3. The normalized spacial score (nSPS) is 21.2. The van der Waals surface area contributed by atoms with E-state index in [0.717, 1.165) is 12.8 Å². The van der Waals surface area contributed by atoms with Crippen LogP contribution < -0.4 is 4.74 Å². The second kappa shape index (κ2) is 5.07. The maximum Gasteiger partial charge on any atom is 0.247 e. The molecule has 1 aliphatic rings. The van der Waals surface area contributed by atoms with Crippen LogP contribution in [0.5, 0.6) is 5.75 Å². The molecule has 0 aromatic heterocycles. The lowest BCUT2D eigenvalue weighted by Gasteiger charge is -2.22. The van der Waals surface area contributed by atoms with Crippen molar-refractivity contribution in [2.75, 3.05) is 13.7 Å². The maximum absolute atomic E-state index is 12.6. The summed E-state index contributed by atoms with van der Waals surface area (Å²) < 4.78 is 31.8. The fraction of sp³-hybridized carbons (Fsp3) is 0.500. The summed E-state index contributed by atoms with van der Waals surface area (Å²) in [5, 5.41) is 0.390. The summed E-state index contributed by atoms with van der Waals surface area (Å²) in [6.45, 7) is 2.47. The molecule has 1 saturated heterocycles. The van der Waals surface area contributed by atoms with E-state index >= 15 is 0 Å². The number of ether oxygens (including phenoxy) is 1. The van der Waals surface area contributed by atoms with Gasteiger partial charge in [0, 0.05) is 17.6 Å². The van der Waals surface area contributed by atoms with Crippen LogP contribution in [0.1, 0.15) is 19.8 Å². The minimum atomic E-state index is -3.53. The third-order valence-electron chi connectivity index (χ3n) is 3.20. The molecule has 1 fully saturated rings. The van der Waals surface area contributed by atoms with Crippen molar-refractivity contribution < 1.29 is 13.2 Å². The lowest BCUT2D eigenvalue weighted by atomic mass is 10.3. The number of benzene rings is 1. The monoisotopic (exact) mass is 289 g/mol. The van der Waals surface area contributed by atoms with Gasteiger partial charge in [-0.05, 0) is 38.0 Å². The van der Waals surface area contributed by atoms with Crippen LogP contribution >= 0.6 is 11.6 Å². The molecule has 0 radical (unpaired) electrons. The van der Waals surface area contributed by atoms with E-state index in [-0.39, 0.29) is 10.9 Å². The highest BCUT2D eigenvalue weighted by Crippen LogP contribution is 2.32. The van der Waals surface area contributed by atoms with Crippen LogP contribution in [0.25, 0.3) is 0 Å². The highest BCUT2D eigenvalue weighted by Gasteiger charge is 2.34. The number of halogens is 1.